The lowest BCUT2D eigenvalue weighted by Crippen LogP contribution is -2.50. The largest absolute Gasteiger partial charge is 0.388 e. The van der Waals surface area contributed by atoms with Crippen LogP contribution in [0.4, 0.5) is 0 Å². The second-order valence-corrected chi connectivity index (χ2v) is 6.15. The van der Waals surface area contributed by atoms with Crippen LogP contribution in [0.1, 0.15) is 37.8 Å². The normalized spacial score (nSPS) is 29.5. The first-order chi connectivity index (χ1) is 10.2. The Hall–Kier alpha value is -0.900. The van der Waals surface area contributed by atoms with E-state index in [2.05, 4.69) is 38.1 Å². The fourth-order valence-corrected chi connectivity index (χ4v) is 3.11. The van der Waals surface area contributed by atoms with Crippen molar-refractivity contribution in [2.24, 2.45) is 5.92 Å². The van der Waals surface area contributed by atoms with Crippen LogP contribution < -0.4 is 0 Å². The molecule has 2 rings (SSSR count). The fourth-order valence-electron chi connectivity index (χ4n) is 3.11. The summed E-state index contributed by atoms with van der Waals surface area (Å²) in [5.41, 5.74) is 2.70. The highest BCUT2D eigenvalue weighted by Gasteiger charge is 2.37. The number of hydrogen-bond acceptors (Lipinski definition) is 3. The van der Waals surface area contributed by atoms with Crippen LogP contribution in [-0.2, 0) is 22.3 Å². The van der Waals surface area contributed by atoms with Gasteiger partial charge in [0.15, 0.2) is 0 Å². The van der Waals surface area contributed by atoms with E-state index in [9.17, 15) is 5.11 Å². The molecular weight excluding hydrogens is 264 g/mol. The summed E-state index contributed by atoms with van der Waals surface area (Å²) >= 11 is 0. The first kappa shape index (κ1) is 16.5. The van der Waals surface area contributed by atoms with E-state index in [1.165, 1.54) is 17.5 Å². The van der Waals surface area contributed by atoms with Crippen LogP contribution in [-0.4, -0.2) is 37.1 Å². The predicted octanol–water partition coefficient (Wildman–Crippen LogP) is 2.98. The van der Waals surface area contributed by atoms with E-state index in [0.717, 1.165) is 19.3 Å². The van der Waals surface area contributed by atoms with Gasteiger partial charge in [-0.2, -0.15) is 0 Å². The van der Waals surface area contributed by atoms with Crippen molar-refractivity contribution in [3.63, 3.8) is 0 Å². The predicted molar refractivity (Wildman–Crippen MR) is 84.5 cm³/mol. The van der Waals surface area contributed by atoms with Crippen molar-refractivity contribution in [2.75, 3.05) is 13.7 Å². The monoisotopic (exact) mass is 292 g/mol. The number of aliphatic hydroxyl groups excluding tert-OH is 1. The molecule has 0 bridgehead atoms. The number of ether oxygens (including phenoxy) is 2. The molecule has 1 aromatic rings. The third-order valence-corrected chi connectivity index (χ3v) is 4.40. The molecule has 1 N–H and O–H groups in total. The number of rotatable bonds is 6. The van der Waals surface area contributed by atoms with E-state index in [1.54, 1.807) is 7.11 Å². The number of hydrogen-bond donors (Lipinski definition) is 1. The molecule has 1 heterocycles. The highest BCUT2D eigenvalue weighted by Crippen LogP contribution is 2.25. The second kappa shape index (κ2) is 7.92. The van der Waals surface area contributed by atoms with Crippen LogP contribution in [0.5, 0.6) is 0 Å². The average Bonchev–Trinajstić information content (AvgIpc) is 2.49. The maximum atomic E-state index is 10.3. The molecule has 3 nitrogen and oxygen atoms in total. The zero-order chi connectivity index (χ0) is 15.2. The van der Waals surface area contributed by atoms with Crippen LogP contribution in [0.15, 0.2) is 24.3 Å². The molecule has 0 saturated carbocycles. The lowest BCUT2D eigenvalue weighted by molar-refractivity contribution is -0.171. The number of methoxy groups -OCH3 is 1. The second-order valence-electron chi connectivity index (χ2n) is 6.15. The molecule has 118 valence electrons. The van der Waals surface area contributed by atoms with Crippen molar-refractivity contribution >= 4 is 0 Å². The van der Waals surface area contributed by atoms with Gasteiger partial charge in [-0.1, -0.05) is 44.5 Å². The SMILES string of the molecule is CCCc1ccc(CC[C@@H]2OC[C@H](C)[C@H](OC)[C@@H]2O)cc1. The minimum absolute atomic E-state index is 0.115. The zero-order valence-corrected chi connectivity index (χ0v) is 13.4. The smallest absolute Gasteiger partial charge is 0.107 e. The highest BCUT2D eigenvalue weighted by atomic mass is 16.5. The molecule has 0 unspecified atom stereocenters. The van der Waals surface area contributed by atoms with Gasteiger partial charge in [0.1, 0.15) is 6.10 Å². The van der Waals surface area contributed by atoms with Gasteiger partial charge in [0.05, 0.1) is 18.8 Å². The Morgan fingerprint density at radius 2 is 1.81 bits per heavy atom. The lowest BCUT2D eigenvalue weighted by atomic mass is 9.90. The van der Waals surface area contributed by atoms with Gasteiger partial charge in [-0.25, -0.2) is 0 Å². The number of aryl methyl sites for hydroxylation is 2. The summed E-state index contributed by atoms with van der Waals surface area (Å²) < 4.78 is 11.2. The van der Waals surface area contributed by atoms with Gasteiger partial charge in [-0.15, -0.1) is 0 Å². The molecule has 0 amide bonds. The van der Waals surface area contributed by atoms with Crippen molar-refractivity contribution in [1.82, 2.24) is 0 Å². The van der Waals surface area contributed by atoms with E-state index in [1.807, 2.05) is 0 Å². The van der Waals surface area contributed by atoms with Crippen molar-refractivity contribution in [1.29, 1.82) is 0 Å². The van der Waals surface area contributed by atoms with E-state index in [-0.39, 0.29) is 18.1 Å². The summed E-state index contributed by atoms with van der Waals surface area (Å²) in [5.74, 6) is 0.245. The lowest BCUT2D eigenvalue weighted by Gasteiger charge is -2.38. The molecular formula is C18H28O3. The van der Waals surface area contributed by atoms with Crippen molar-refractivity contribution in [3.05, 3.63) is 35.4 Å². The Morgan fingerprint density at radius 1 is 1.19 bits per heavy atom. The minimum Gasteiger partial charge on any atom is -0.388 e. The van der Waals surface area contributed by atoms with Gasteiger partial charge in [0.25, 0.3) is 0 Å². The average molecular weight is 292 g/mol. The van der Waals surface area contributed by atoms with Crippen molar-refractivity contribution in [2.45, 2.75) is 57.8 Å². The Morgan fingerprint density at radius 3 is 2.38 bits per heavy atom. The standard InChI is InChI=1S/C18H28O3/c1-4-5-14-6-8-15(9-7-14)10-11-16-17(19)18(20-3)13(2)12-21-16/h6-9,13,16-19H,4-5,10-12H2,1-3H3/t13-,16-,17+,18-/m0/s1. The Kier molecular flexibility index (Phi) is 6.22. The Labute approximate surface area is 128 Å². The number of benzene rings is 1. The maximum Gasteiger partial charge on any atom is 0.107 e. The van der Waals surface area contributed by atoms with Gasteiger partial charge in [0.2, 0.25) is 0 Å². The topological polar surface area (TPSA) is 38.7 Å². The minimum atomic E-state index is -0.530. The Bertz CT molecular complexity index is 415. The van der Waals surface area contributed by atoms with Gasteiger partial charge in [-0.3, -0.25) is 0 Å². The molecule has 0 aromatic heterocycles. The van der Waals surface area contributed by atoms with Crippen LogP contribution in [0.25, 0.3) is 0 Å². The fraction of sp³-hybridized carbons (Fsp3) is 0.667. The third kappa shape index (κ3) is 4.29. The molecule has 0 spiro atoms. The van der Waals surface area contributed by atoms with E-state index < -0.39 is 6.10 Å². The van der Waals surface area contributed by atoms with E-state index >= 15 is 0 Å². The van der Waals surface area contributed by atoms with E-state index in [4.69, 9.17) is 9.47 Å². The maximum absolute atomic E-state index is 10.3. The van der Waals surface area contributed by atoms with Gasteiger partial charge < -0.3 is 14.6 Å². The highest BCUT2D eigenvalue weighted by molar-refractivity contribution is 5.22. The van der Waals surface area contributed by atoms with Gasteiger partial charge >= 0.3 is 0 Å². The third-order valence-electron chi connectivity index (χ3n) is 4.40. The Balaban J connectivity index is 1.87. The van der Waals surface area contributed by atoms with Crippen LogP contribution >= 0.6 is 0 Å². The van der Waals surface area contributed by atoms with Gasteiger partial charge in [-0.05, 0) is 30.4 Å². The van der Waals surface area contributed by atoms with E-state index in [0.29, 0.717) is 6.61 Å². The van der Waals surface area contributed by atoms with Crippen LogP contribution in [0.3, 0.4) is 0 Å². The first-order valence-corrected chi connectivity index (χ1v) is 8.06. The molecule has 4 atom stereocenters. The summed E-state index contributed by atoms with van der Waals surface area (Å²) in [6.45, 7) is 4.92. The molecule has 21 heavy (non-hydrogen) atoms. The van der Waals surface area contributed by atoms with Crippen LogP contribution in [0.2, 0.25) is 0 Å². The molecule has 0 radical (unpaired) electrons. The quantitative estimate of drug-likeness (QED) is 0.876. The summed E-state index contributed by atoms with van der Waals surface area (Å²) in [4.78, 5) is 0. The molecule has 1 fully saturated rings. The summed E-state index contributed by atoms with van der Waals surface area (Å²) in [6.07, 6.45) is 3.31. The van der Waals surface area contributed by atoms with Crippen molar-refractivity contribution < 1.29 is 14.6 Å². The summed E-state index contributed by atoms with van der Waals surface area (Å²) in [7, 11) is 1.67. The summed E-state index contributed by atoms with van der Waals surface area (Å²) in [5, 5.41) is 10.3. The van der Waals surface area contributed by atoms with Crippen LogP contribution in [0, 0.1) is 5.92 Å². The zero-order valence-electron chi connectivity index (χ0n) is 13.4. The van der Waals surface area contributed by atoms with Gasteiger partial charge in [0, 0.05) is 13.0 Å². The summed E-state index contributed by atoms with van der Waals surface area (Å²) in [6, 6.07) is 8.79. The molecule has 3 heteroatoms. The molecule has 1 aliphatic rings. The first-order valence-electron chi connectivity index (χ1n) is 8.06. The van der Waals surface area contributed by atoms with Crippen molar-refractivity contribution in [3.8, 4) is 0 Å². The molecule has 0 aliphatic carbocycles. The molecule has 1 aliphatic heterocycles. The molecule has 1 saturated heterocycles. The number of aliphatic hydroxyl groups is 1. The molecule has 1 aromatic carbocycles.